The molecule has 1 aromatic carbocycles. The van der Waals surface area contributed by atoms with E-state index in [1.807, 2.05) is 36.4 Å². The van der Waals surface area contributed by atoms with Crippen LogP contribution in [0.25, 0.3) is 11.4 Å². The molecule has 0 aliphatic heterocycles. The Morgan fingerprint density at radius 3 is 2.70 bits per heavy atom. The molecule has 0 aliphatic rings. The summed E-state index contributed by atoms with van der Waals surface area (Å²) in [5.74, 6) is 0.0178. The van der Waals surface area contributed by atoms with Gasteiger partial charge in [0, 0.05) is 30.8 Å². The number of hydrogen-bond donors (Lipinski definition) is 1. The summed E-state index contributed by atoms with van der Waals surface area (Å²) < 4.78 is 15.8. The van der Waals surface area contributed by atoms with Crippen LogP contribution >= 0.6 is 0 Å². The summed E-state index contributed by atoms with van der Waals surface area (Å²) in [6, 6.07) is 15.3. The first-order valence-electron chi connectivity index (χ1n) is 10.5. The number of nitrogens with one attached hydrogen (secondary N) is 1. The molecule has 0 bridgehead atoms. The molecular formula is C24H22N4O5. The predicted molar refractivity (Wildman–Crippen MR) is 117 cm³/mol. The molecule has 0 aliphatic carbocycles. The number of rotatable bonds is 10. The van der Waals surface area contributed by atoms with Crippen LogP contribution < -0.4 is 5.32 Å². The Balaban J connectivity index is 1.30. The molecular weight excluding hydrogens is 424 g/mol. The molecule has 0 saturated heterocycles. The van der Waals surface area contributed by atoms with E-state index in [9.17, 15) is 9.59 Å². The van der Waals surface area contributed by atoms with Crippen LogP contribution in [0.4, 0.5) is 0 Å². The Bertz CT molecular complexity index is 1160. The van der Waals surface area contributed by atoms with Crippen molar-refractivity contribution in [2.75, 3.05) is 6.61 Å². The summed E-state index contributed by atoms with van der Waals surface area (Å²) in [7, 11) is 0. The van der Waals surface area contributed by atoms with Crippen LogP contribution in [0.5, 0.6) is 0 Å². The molecule has 3 aromatic heterocycles. The van der Waals surface area contributed by atoms with Crippen LogP contribution in [-0.2, 0) is 22.4 Å². The fourth-order valence-corrected chi connectivity index (χ4v) is 3.15. The Morgan fingerprint density at radius 1 is 1.06 bits per heavy atom. The monoisotopic (exact) mass is 446 g/mol. The third-order valence-corrected chi connectivity index (χ3v) is 4.78. The van der Waals surface area contributed by atoms with E-state index in [0.717, 1.165) is 11.1 Å². The topological polar surface area (TPSA) is 120 Å². The highest BCUT2D eigenvalue weighted by atomic mass is 16.5. The van der Waals surface area contributed by atoms with E-state index in [4.69, 9.17) is 13.7 Å². The lowest BCUT2D eigenvalue weighted by Gasteiger charge is -2.17. The number of amides is 1. The maximum absolute atomic E-state index is 12.7. The lowest BCUT2D eigenvalue weighted by Crippen LogP contribution is -2.43. The largest absolute Gasteiger partial charge is 0.464 e. The molecule has 1 amide bonds. The summed E-state index contributed by atoms with van der Waals surface area (Å²) in [6.45, 7) is 0.144. The summed E-state index contributed by atoms with van der Waals surface area (Å²) in [6.07, 6.45) is 5.95. The van der Waals surface area contributed by atoms with Gasteiger partial charge in [0.1, 0.15) is 6.04 Å². The lowest BCUT2D eigenvalue weighted by atomic mass is 10.1. The second-order valence-corrected chi connectivity index (χ2v) is 7.22. The van der Waals surface area contributed by atoms with Crippen LogP contribution in [0.2, 0.25) is 0 Å². The van der Waals surface area contributed by atoms with Gasteiger partial charge in [-0.05, 0) is 36.2 Å². The minimum absolute atomic E-state index is 0.127. The SMILES string of the molecule is O=C(N[C@@H](Cc1ccccc1)C(=O)OCCCc1nc(-c2cccnc2)no1)c1ccco1. The first-order valence-corrected chi connectivity index (χ1v) is 10.5. The molecule has 0 spiro atoms. The van der Waals surface area contributed by atoms with Gasteiger partial charge < -0.3 is 19.0 Å². The van der Waals surface area contributed by atoms with Crippen molar-refractivity contribution in [3.05, 3.63) is 90.5 Å². The van der Waals surface area contributed by atoms with Crippen LogP contribution in [0.15, 0.2) is 82.2 Å². The van der Waals surface area contributed by atoms with Gasteiger partial charge in [-0.15, -0.1) is 0 Å². The summed E-state index contributed by atoms with van der Waals surface area (Å²) in [5.41, 5.74) is 1.66. The number of hydrogen-bond acceptors (Lipinski definition) is 8. The number of aromatic nitrogens is 3. The summed E-state index contributed by atoms with van der Waals surface area (Å²) in [4.78, 5) is 33.5. The number of esters is 1. The molecule has 168 valence electrons. The molecule has 0 saturated carbocycles. The van der Waals surface area contributed by atoms with E-state index >= 15 is 0 Å². The van der Waals surface area contributed by atoms with E-state index in [0.29, 0.717) is 31.0 Å². The van der Waals surface area contributed by atoms with Crippen molar-refractivity contribution in [2.24, 2.45) is 0 Å². The number of ether oxygens (including phenoxy) is 1. The molecule has 0 fully saturated rings. The van der Waals surface area contributed by atoms with Gasteiger partial charge in [0.2, 0.25) is 11.7 Å². The number of carbonyl (C=O) groups is 2. The van der Waals surface area contributed by atoms with E-state index in [-0.39, 0.29) is 12.4 Å². The minimum atomic E-state index is -0.856. The first-order chi connectivity index (χ1) is 16.2. The van der Waals surface area contributed by atoms with E-state index in [1.54, 1.807) is 24.5 Å². The average molecular weight is 446 g/mol. The molecule has 4 rings (SSSR count). The highest BCUT2D eigenvalue weighted by molar-refractivity contribution is 5.94. The van der Waals surface area contributed by atoms with Crippen molar-refractivity contribution in [3.63, 3.8) is 0 Å². The normalized spacial score (nSPS) is 11.6. The number of nitrogens with zero attached hydrogens (tertiary/aromatic N) is 3. The minimum Gasteiger partial charge on any atom is -0.464 e. The van der Waals surface area contributed by atoms with Gasteiger partial charge in [0.15, 0.2) is 5.76 Å². The Labute approximate surface area is 189 Å². The summed E-state index contributed by atoms with van der Waals surface area (Å²) in [5, 5.41) is 6.64. The molecule has 3 heterocycles. The van der Waals surface area contributed by atoms with Crippen LogP contribution in [0.1, 0.15) is 28.4 Å². The molecule has 0 unspecified atom stereocenters. The molecule has 9 heteroatoms. The zero-order valence-electron chi connectivity index (χ0n) is 17.7. The number of pyridine rings is 1. The Kier molecular flexibility index (Phi) is 7.22. The number of benzene rings is 1. The number of furan rings is 1. The van der Waals surface area contributed by atoms with Crippen molar-refractivity contribution in [2.45, 2.75) is 25.3 Å². The van der Waals surface area contributed by atoms with Gasteiger partial charge in [-0.3, -0.25) is 9.78 Å². The quantitative estimate of drug-likeness (QED) is 0.291. The van der Waals surface area contributed by atoms with Crippen molar-refractivity contribution >= 4 is 11.9 Å². The summed E-state index contributed by atoms with van der Waals surface area (Å²) >= 11 is 0. The van der Waals surface area contributed by atoms with Crippen molar-refractivity contribution < 1.29 is 23.3 Å². The fourth-order valence-electron chi connectivity index (χ4n) is 3.15. The van der Waals surface area contributed by atoms with Gasteiger partial charge >= 0.3 is 5.97 Å². The van der Waals surface area contributed by atoms with Gasteiger partial charge in [0.05, 0.1) is 12.9 Å². The maximum Gasteiger partial charge on any atom is 0.328 e. The molecule has 33 heavy (non-hydrogen) atoms. The first kappa shape index (κ1) is 21.9. The van der Waals surface area contributed by atoms with Crippen LogP contribution in [0, 0.1) is 0 Å². The predicted octanol–water partition coefficient (Wildman–Crippen LogP) is 3.24. The van der Waals surface area contributed by atoms with E-state index < -0.39 is 17.9 Å². The fraction of sp³-hybridized carbons (Fsp3) is 0.208. The van der Waals surface area contributed by atoms with Crippen LogP contribution in [0.3, 0.4) is 0 Å². The van der Waals surface area contributed by atoms with Crippen molar-refractivity contribution in [1.82, 2.24) is 20.4 Å². The van der Waals surface area contributed by atoms with Crippen LogP contribution in [-0.4, -0.2) is 39.6 Å². The third-order valence-electron chi connectivity index (χ3n) is 4.78. The van der Waals surface area contributed by atoms with Gasteiger partial charge in [0.25, 0.3) is 5.91 Å². The van der Waals surface area contributed by atoms with Gasteiger partial charge in [-0.2, -0.15) is 4.98 Å². The molecule has 1 N–H and O–H groups in total. The second kappa shape index (κ2) is 10.9. The Hall–Kier alpha value is -4.27. The smallest absolute Gasteiger partial charge is 0.328 e. The third kappa shape index (κ3) is 6.13. The van der Waals surface area contributed by atoms with Crippen molar-refractivity contribution in [3.8, 4) is 11.4 Å². The Morgan fingerprint density at radius 2 is 1.94 bits per heavy atom. The zero-order valence-corrected chi connectivity index (χ0v) is 17.7. The maximum atomic E-state index is 12.7. The number of aryl methyl sites for hydroxylation is 1. The molecule has 1 atom stereocenters. The molecule has 0 radical (unpaired) electrons. The highest BCUT2D eigenvalue weighted by Crippen LogP contribution is 2.14. The number of carbonyl (C=O) groups excluding carboxylic acids is 2. The molecule has 9 nitrogen and oxygen atoms in total. The molecule has 4 aromatic rings. The van der Waals surface area contributed by atoms with Crippen molar-refractivity contribution in [1.29, 1.82) is 0 Å². The lowest BCUT2D eigenvalue weighted by molar-refractivity contribution is -0.146. The van der Waals surface area contributed by atoms with Gasteiger partial charge in [-0.1, -0.05) is 35.5 Å². The van der Waals surface area contributed by atoms with Gasteiger partial charge in [-0.25, -0.2) is 4.79 Å². The standard InChI is InChI=1S/C24H22N4O5/c29-23(20-10-5-13-31-20)26-19(15-17-7-2-1-3-8-17)24(30)32-14-6-11-21-27-22(28-33-21)18-9-4-12-25-16-18/h1-5,7-10,12-13,16,19H,6,11,14-15H2,(H,26,29)/t19-/m0/s1. The van der Waals surface area contributed by atoms with E-state index in [2.05, 4.69) is 20.4 Å². The second-order valence-electron chi connectivity index (χ2n) is 7.22. The van der Waals surface area contributed by atoms with E-state index in [1.165, 1.54) is 12.3 Å². The average Bonchev–Trinajstić information content (AvgIpc) is 3.55. The highest BCUT2D eigenvalue weighted by Gasteiger charge is 2.24. The zero-order chi connectivity index (χ0) is 22.9.